The molecule has 1 atom stereocenters. The highest BCUT2D eigenvalue weighted by Gasteiger charge is 2.25. The van der Waals surface area contributed by atoms with E-state index in [4.69, 9.17) is 28.4 Å². The number of benzene rings is 2. The molecule has 0 bridgehead atoms. The molecule has 0 saturated carbocycles. The lowest BCUT2D eigenvalue weighted by Crippen LogP contribution is -2.12. The van der Waals surface area contributed by atoms with E-state index in [1.807, 2.05) is 0 Å². The largest absolute Gasteiger partial charge is 0.493 e. The average molecular weight is 457 g/mol. The molecule has 28 heavy (non-hydrogen) atoms. The van der Waals surface area contributed by atoms with Gasteiger partial charge in [-0.3, -0.25) is 0 Å². The van der Waals surface area contributed by atoms with Gasteiger partial charge >= 0.3 is 0 Å². The Morgan fingerprint density at radius 2 is 1.25 bits per heavy atom. The quantitative estimate of drug-likeness (QED) is 0.574. The van der Waals surface area contributed by atoms with Crippen LogP contribution in [0.5, 0.6) is 23.0 Å². The van der Waals surface area contributed by atoms with Gasteiger partial charge < -0.3 is 33.5 Å². The average Bonchev–Trinajstić information content (AvgIpc) is 2.72. The molecule has 1 N–H and O–H groups in total. The van der Waals surface area contributed by atoms with Gasteiger partial charge in [0.05, 0.1) is 32.9 Å². The highest BCUT2D eigenvalue weighted by molar-refractivity contribution is 9.10. The molecule has 0 aliphatic rings. The van der Waals surface area contributed by atoms with Crippen molar-refractivity contribution in [3.05, 3.63) is 45.4 Å². The Hall–Kier alpha value is -2.00. The maximum Gasteiger partial charge on any atom is 0.183 e. The van der Waals surface area contributed by atoms with Crippen LogP contribution < -0.4 is 18.9 Å². The van der Waals surface area contributed by atoms with Crippen molar-refractivity contribution >= 4 is 15.9 Å². The van der Waals surface area contributed by atoms with Gasteiger partial charge in [-0.1, -0.05) is 0 Å². The van der Waals surface area contributed by atoms with Crippen LogP contribution in [0.3, 0.4) is 0 Å². The van der Waals surface area contributed by atoms with Crippen LogP contribution in [0.4, 0.5) is 0 Å². The van der Waals surface area contributed by atoms with Crippen molar-refractivity contribution in [1.29, 1.82) is 0 Å². The van der Waals surface area contributed by atoms with E-state index in [9.17, 15) is 5.11 Å². The first-order chi connectivity index (χ1) is 13.4. The minimum atomic E-state index is -1.02. The van der Waals surface area contributed by atoms with E-state index in [1.165, 1.54) is 35.5 Å². The molecule has 8 heteroatoms. The fourth-order valence-corrected chi connectivity index (χ4v) is 3.60. The van der Waals surface area contributed by atoms with Crippen molar-refractivity contribution in [2.75, 3.05) is 42.7 Å². The second kappa shape index (κ2) is 9.97. The van der Waals surface area contributed by atoms with Crippen molar-refractivity contribution in [1.82, 2.24) is 0 Å². The summed E-state index contributed by atoms with van der Waals surface area (Å²) in [6.45, 7) is 0. The van der Waals surface area contributed by atoms with Crippen LogP contribution in [0.2, 0.25) is 0 Å². The zero-order valence-corrected chi connectivity index (χ0v) is 18.3. The van der Waals surface area contributed by atoms with E-state index in [-0.39, 0.29) is 0 Å². The second-order valence-electron chi connectivity index (χ2n) is 5.78. The summed E-state index contributed by atoms with van der Waals surface area (Å²) in [5, 5.41) is 11.2. The zero-order valence-electron chi connectivity index (χ0n) is 16.7. The van der Waals surface area contributed by atoms with Gasteiger partial charge in [0.2, 0.25) is 0 Å². The Morgan fingerprint density at radius 1 is 0.714 bits per heavy atom. The molecule has 0 radical (unpaired) electrons. The Labute approximate surface area is 173 Å². The van der Waals surface area contributed by atoms with Gasteiger partial charge in [-0.25, -0.2) is 0 Å². The number of aliphatic hydroxyl groups is 1. The summed E-state index contributed by atoms with van der Waals surface area (Å²) in [5.41, 5.74) is 1.75. The Bertz CT molecular complexity index is 806. The molecule has 0 aliphatic heterocycles. The lowest BCUT2D eigenvalue weighted by atomic mass is 9.95. The lowest BCUT2D eigenvalue weighted by Gasteiger charge is -2.24. The molecule has 2 aromatic carbocycles. The van der Waals surface area contributed by atoms with E-state index in [1.54, 1.807) is 31.4 Å². The SMILES string of the molecule is COc1cc(C(OC)OC)c(C(O)c2cc(Br)c(OC)c(OC)c2)cc1OC. The maximum atomic E-state index is 11.2. The molecule has 0 saturated heterocycles. The fraction of sp³-hybridized carbons (Fsp3) is 0.400. The number of methoxy groups -OCH3 is 6. The standard InChI is InChI=1S/C20H25BrO7/c1-23-15-9-12(13(10-16(15)24-2)20(27-5)28-6)18(22)11-7-14(21)19(26-4)17(8-11)25-3/h7-10,18,20,22H,1-6H3. The minimum Gasteiger partial charge on any atom is -0.493 e. The van der Waals surface area contributed by atoms with Crippen molar-refractivity contribution in [2.45, 2.75) is 12.4 Å². The molecule has 1 unspecified atom stereocenters. The summed E-state index contributed by atoms with van der Waals surface area (Å²) < 4.78 is 33.0. The second-order valence-corrected chi connectivity index (χ2v) is 6.63. The molecular weight excluding hydrogens is 432 g/mol. The van der Waals surface area contributed by atoms with Crippen LogP contribution in [-0.4, -0.2) is 47.8 Å². The molecule has 0 aromatic heterocycles. The molecule has 0 heterocycles. The van der Waals surface area contributed by atoms with E-state index in [2.05, 4.69) is 15.9 Å². The molecule has 0 fully saturated rings. The van der Waals surface area contributed by atoms with E-state index >= 15 is 0 Å². The zero-order chi connectivity index (χ0) is 20.8. The Balaban J connectivity index is 2.66. The van der Waals surface area contributed by atoms with Crippen molar-refractivity contribution in [2.24, 2.45) is 0 Å². The molecule has 0 aliphatic carbocycles. The number of aliphatic hydroxyl groups excluding tert-OH is 1. The molecule has 2 rings (SSSR count). The third kappa shape index (κ3) is 4.35. The predicted molar refractivity (Wildman–Crippen MR) is 108 cm³/mol. The van der Waals surface area contributed by atoms with E-state index in [0.717, 1.165) is 0 Å². The van der Waals surface area contributed by atoms with Gasteiger partial charge in [-0.05, 0) is 51.3 Å². The molecule has 2 aromatic rings. The monoisotopic (exact) mass is 456 g/mol. The van der Waals surface area contributed by atoms with Crippen molar-refractivity contribution < 1.29 is 33.5 Å². The number of halogens is 1. The number of rotatable bonds is 9. The third-order valence-electron chi connectivity index (χ3n) is 4.34. The number of ether oxygens (including phenoxy) is 6. The normalized spacial score (nSPS) is 12.0. The van der Waals surface area contributed by atoms with Gasteiger partial charge in [0.15, 0.2) is 29.3 Å². The van der Waals surface area contributed by atoms with E-state index < -0.39 is 12.4 Å². The van der Waals surface area contributed by atoms with Crippen molar-refractivity contribution in [3.63, 3.8) is 0 Å². The minimum absolute atomic E-state index is 0.478. The van der Waals surface area contributed by atoms with E-state index in [0.29, 0.717) is 44.2 Å². The third-order valence-corrected chi connectivity index (χ3v) is 4.93. The summed E-state index contributed by atoms with van der Waals surface area (Å²) in [7, 11) is 9.20. The van der Waals surface area contributed by atoms with Gasteiger partial charge in [-0.2, -0.15) is 0 Å². The van der Waals surface area contributed by atoms with Crippen LogP contribution in [0, 0.1) is 0 Å². The highest BCUT2D eigenvalue weighted by Crippen LogP contribution is 2.42. The summed E-state index contributed by atoms with van der Waals surface area (Å²) >= 11 is 3.46. The fourth-order valence-electron chi connectivity index (χ4n) is 2.98. The van der Waals surface area contributed by atoms with Crippen LogP contribution >= 0.6 is 15.9 Å². The van der Waals surface area contributed by atoms with Gasteiger partial charge in [-0.15, -0.1) is 0 Å². The molecule has 154 valence electrons. The first-order valence-corrected chi connectivity index (χ1v) is 9.15. The Morgan fingerprint density at radius 3 is 1.71 bits per heavy atom. The van der Waals surface area contributed by atoms with Crippen LogP contribution in [0.1, 0.15) is 29.1 Å². The molecule has 7 nitrogen and oxygen atoms in total. The summed E-state index contributed by atoms with van der Waals surface area (Å²) in [5.74, 6) is 2.01. The Kier molecular flexibility index (Phi) is 7.94. The first-order valence-electron chi connectivity index (χ1n) is 8.36. The van der Waals surface area contributed by atoms with Crippen LogP contribution in [0.15, 0.2) is 28.7 Å². The number of hydrogen-bond acceptors (Lipinski definition) is 7. The van der Waals surface area contributed by atoms with Crippen LogP contribution in [-0.2, 0) is 9.47 Å². The highest BCUT2D eigenvalue weighted by atomic mass is 79.9. The lowest BCUT2D eigenvalue weighted by molar-refractivity contribution is -0.107. The molecular formula is C20H25BrO7. The smallest absolute Gasteiger partial charge is 0.183 e. The maximum absolute atomic E-state index is 11.2. The van der Waals surface area contributed by atoms with Gasteiger partial charge in [0.1, 0.15) is 6.10 Å². The van der Waals surface area contributed by atoms with Gasteiger partial charge in [0, 0.05) is 19.8 Å². The van der Waals surface area contributed by atoms with Crippen molar-refractivity contribution in [3.8, 4) is 23.0 Å². The van der Waals surface area contributed by atoms with Gasteiger partial charge in [0.25, 0.3) is 0 Å². The topological polar surface area (TPSA) is 75.6 Å². The molecule has 0 spiro atoms. The number of hydrogen-bond donors (Lipinski definition) is 1. The predicted octanol–water partition coefficient (Wildman–Crippen LogP) is 3.86. The summed E-state index contributed by atoms with van der Waals surface area (Å²) in [4.78, 5) is 0. The summed E-state index contributed by atoms with van der Waals surface area (Å²) in [6.07, 6.45) is -1.72. The molecule has 0 amide bonds. The first kappa shape index (κ1) is 22.3. The summed E-state index contributed by atoms with van der Waals surface area (Å²) in [6, 6.07) is 6.91. The van der Waals surface area contributed by atoms with Crippen LogP contribution in [0.25, 0.3) is 0 Å².